The molecular weight excluding hydrogens is 194 g/mol. The van der Waals surface area contributed by atoms with Gasteiger partial charge in [-0.05, 0) is 30.6 Å². The maximum Gasteiger partial charge on any atom is 0.00953 e. The molecule has 0 saturated heterocycles. The molecule has 98 valence electrons. The van der Waals surface area contributed by atoms with Gasteiger partial charge in [0.2, 0.25) is 0 Å². The SMILES string of the molecule is CCCCC(C)(CCCC)C(N)CC(C)C. The van der Waals surface area contributed by atoms with Gasteiger partial charge in [0, 0.05) is 6.04 Å². The fourth-order valence-electron chi connectivity index (χ4n) is 2.45. The molecule has 0 bridgehead atoms. The lowest BCUT2D eigenvalue weighted by atomic mass is 9.72. The number of hydrogen-bond donors (Lipinski definition) is 1. The van der Waals surface area contributed by atoms with Gasteiger partial charge in [-0.2, -0.15) is 0 Å². The van der Waals surface area contributed by atoms with Crippen LogP contribution in [0.25, 0.3) is 0 Å². The Morgan fingerprint density at radius 3 is 1.75 bits per heavy atom. The van der Waals surface area contributed by atoms with Gasteiger partial charge in [0.1, 0.15) is 0 Å². The van der Waals surface area contributed by atoms with E-state index in [1.807, 2.05) is 0 Å². The summed E-state index contributed by atoms with van der Waals surface area (Å²) in [7, 11) is 0. The fraction of sp³-hybridized carbons (Fsp3) is 1.00. The molecule has 1 atom stereocenters. The summed E-state index contributed by atoms with van der Waals surface area (Å²) in [4.78, 5) is 0. The summed E-state index contributed by atoms with van der Waals surface area (Å²) in [5, 5.41) is 0. The van der Waals surface area contributed by atoms with Crippen molar-refractivity contribution in [2.24, 2.45) is 17.1 Å². The Hall–Kier alpha value is -0.0400. The van der Waals surface area contributed by atoms with E-state index in [4.69, 9.17) is 5.73 Å². The average molecular weight is 227 g/mol. The normalized spacial score (nSPS) is 14.4. The Labute approximate surface area is 103 Å². The first-order valence-corrected chi connectivity index (χ1v) is 7.21. The Bertz CT molecular complexity index is 155. The zero-order valence-corrected chi connectivity index (χ0v) is 12.2. The second kappa shape index (κ2) is 8.11. The van der Waals surface area contributed by atoms with Crippen LogP contribution in [0.4, 0.5) is 0 Å². The third-order valence-electron chi connectivity index (χ3n) is 3.82. The summed E-state index contributed by atoms with van der Waals surface area (Å²) in [6.07, 6.45) is 9.00. The van der Waals surface area contributed by atoms with Crippen molar-refractivity contribution in [2.75, 3.05) is 0 Å². The highest BCUT2D eigenvalue weighted by atomic mass is 14.7. The molecule has 0 aliphatic rings. The van der Waals surface area contributed by atoms with Crippen LogP contribution in [-0.2, 0) is 0 Å². The molecule has 0 aliphatic carbocycles. The molecule has 0 spiro atoms. The van der Waals surface area contributed by atoms with Crippen molar-refractivity contribution < 1.29 is 0 Å². The molecule has 0 aromatic rings. The lowest BCUT2D eigenvalue weighted by Gasteiger charge is -2.37. The minimum atomic E-state index is 0.371. The van der Waals surface area contributed by atoms with E-state index >= 15 is 0 Å². The van der Waals surface area contributed by atoms with Crippen molar-refractivity contribution in [1.29, 1.82) is 0 Å². The van der Waals surface area contributed by atoms with Crippen LogP contribution in [0.1, 0.15) is 79.6 Å². The van der Waals surface area contributed by atoms with Gasteiger partial charge in [-0.3, -0.25) is 0 Å². The summed E-state index contributed by atoms with van der Waals surface area (Å²) < 4.78 is 0. The van der Waals surface area contributed by atoms with Gasteiger partial charge in [-0.15, -0.1) is 0 Å². The summed E-state index contributed by atoms with van der Waals surface area (Å²) >= 11 is 0. The molecule has 0 heterocycles. The highest BCUT2D eigenvalue weighted by molar-refractivity contribution is 4.85. The minimum absolute atomic E-state index is 0.371. The van der Waals surface area contributed by atoms with E-state index in [0.29, 0.717) is 11.5 Å². The Morgan fingerprint density at radius 1 is 1.00 bits per heavy atom. The predicted molar refractivity (Wildman–Crippen MR) is 74.6 cm³/mol. The van der Waals surface area contributed by atoms with Crippen molar-refractivity contribution in [3.05, 3.63) is 0 Å². The molecule has 0 aliphatic heterocycles. The van der Waals surface area contributed by atoms with Crippen LogP contribution in [0.15, 0.2) is 0 Å². The van der Waals surface area contributed by atoms with E-state index in [2.05, 4.69) is 34.6 Å². The van der Waals surface area contributed by atoms with Crippen molar-refractivity contribution in [3.8, 4) is 0 Å². The van der Waals surface area contributed by atoms with Crippen LogP contribution in [0.5, 0.6) is 0 Å². The highest BCUT2D eigenvalue weighted by Gasteiger charge is 2.30. The molecular formula is C15H33N. The molecule has 0 aromatic heterocycles. The molecule has 1 nitrogen and oxygen atoms in total. The van der Waals surface area contributed by atoms with E-state index in [-0.39, 0.29) is 0 Å². The number of hydrogen-bond acceptors (Lipinski definition) is 1. The topological polar surface area (TPSA) is 26.0 Å². The molecule has 1 heteroatoms. The zero-order chi connectivity index (χ0) is 12.6. The predicted octanol–water partition coefficient (Wildman–Crippen LogP) is 4.75. The van der Waals surface area contributed by atoms with Crippen LogP contribution in [0, 0.1) is 11.3 Å². The smallest absolute Gasteiger partial charge is 0.00953 e. The van der Waals surface area contributed by atoms with Gasteiger partial charge in [0.15, 0.2) is 0 Å². The Balaban J connectivity index is 4.36. The largest absolute Gasteiger partial charge is 0.327 e. The van der Waals surface area contributed by atoms with E-state index in [9.17, 15) is 0 Å². The summed E-state index contributed by atoms with van der Waals surface area (Å²) in [5.74, 6) is 0.720. The van der Waals surface area contributed by atoms with Crippen molar-refractivity contribution >= 4 is 0 Å². The Morgan fingerprint density at radius 2 is 1.44 bits per heavy atom. The fourth-order valence-corrected chi connectivity index (χ4v) is 2.45. The lowest BCUT2D eigenvalue weighted by molar-refractivity contribution is 0.181. The molecule has 1 unspecified atom stereocenters. The van der Waals surface area contributed by atoms with Crippen molar-refractivity contribution in [2.45, 2.75) is 85.6 Å². The first-order chi connectivity index (χ1) is 7.46. The first kappa shape index (κ1) is 16.0. The van der Waals surface area contributed by atoms with E-state index in [0.717, 1.165) is 5.92 Å². The molecule has 0 amide bonds. The van der Waals surface area contributed by atoms with Crippen LogP contribution in [0.3, 0.4) is 0 Å². The average Bonchev–Trinajstić information content (AvgIpc) is 2.22. The van der Waals surface area contributed by atoms with Crippen molar-refractivity contribution in [3.63, 3.8) is 0 Å². The summed E-state index contributed by atoms with van der Waals surface area (Å²) in [6.45, 7) is 11.5. The molecule has 0 fully saturated rings. The first-order valence-electron chi connectivity index (χ1n) is 7.21. The molecule has 0 saturated carbocycles. The second-order valence-corrected chi connectivity index (χ2v) is 6.10. The molecule has 0 rings (SSSR count). The molecule has 0 radical (unpaired) electrons. The van der Waals surface area contributed by atoms with Gasteiger partial charge in [-0.25, -0.2) is 0 Å². The van der Waals surface area contributed by atoms with Gasteiger partial charge in [0.25, 0.3) is 0 Å². The van der Waals surface area contributed by atoms with Gasteiger partial charge in [0.05, 0.1) is 0 Å². The van der Waals surface area contributed by atoms with Crippen LogP contribution < -0.4 is 5.73 Å². The van der Waals surface area contributed by atoms with Crippen LogP contribution in [0.2, 0.25) is 0 Å². The summed E-state index contributed by atoms with van der Waals surface area (Å²) in [5.41, 5.74) is 6.81. The summed E-state index contributed by atoms with van der Waals surface area (Å²) in [6, 6.07) is 0.380. The number of rotatable bonds is 9. The van der Waals surface area contributed by atoms with Crippen LogP contribution >= 0.6 is 0 Å². The van der Waals surface area contributed by atoms with Crippen molar-refractivity contribution in [1.82, 2.24) is 0 Å². The molecule has 2 N–H and O–H groups in total. The van der Waals surface area contributed by atoms with Gasteiger partial charge in [-0.1, -0.05) is 60.3 Å². The lowest BCUT2D eigenvalue weighted by Crippen LogP contribution is -2.40. The molecule has 0 aromatic carbocycles. The monoisotopic (exact) mass is 227 g/mol. The second-order valence-electron chi connectivity index (χ2n) is 6.10. The number of unbranched alkanes of at least 4 members (excludes halogenated alkanes) is 2. The van der Waals surface area contributed by atoms with Crippen LogP contribution in [-0.4, -0.2) is 6.04 Å². The quantitative estimate of drug-likeness (QED) is 0.604. The van der Waals surface area contributed by atoms with Gasteiger partial charge < -0.3 is 5.73 Å². The van der Waals surface area contributed by atoms with Gasteiger partial charge >= 0.3 is 0 Å². The highest BCUT2D eigenvalue weighted by Crippen LogP contribution is 2.35. The third kappa shape index (κ3) is 5.89. The molecule has 16 heavy (non-hydrogen) atoms. The van der Waals surface area contributed by atoms with E-state index < -0.39 is 0 Å². The third-order valence-corrected chi connectivity index (χ3v) is 3.82. The zero-order valence-electron chi connectivity index (χ0n) is 12.2. The standard InChI is InChI=1S/C15H33N/c1-6-8-10-15(5,11-9-7-2)14(16)12-13(3)4/h13-14H,6-12,16H2,1-5H3. The Kier molecular flexibility index (Phi) is 8.09. The van der Waals surface area contributed by atoms with E-state index in [1.54, 1.807) is 0 Å². The number of nitrogens with two attached hydrogens (primary N) is 1. The van der Waals surface area contributed by atoms with E-state index in [1.165, 1.54) is 44.9 Å². The maximum atomic E-state index is 6.43. The minimum Gasteiger partial charge on any atom is -0.327 e. The maximum absolute atomic E-state index is 6.43.